The first-order valence-electron chi connectivity index (χ1n) is 11.7. The molecular formula is C25H23BrF5N5O4S. The van der Waals surface area contributed by atoms with Crippen molar-refractivity contribution >= 4 is 37.5 Å². The highest BCUT2D eigenvalue weighted by Gasteiger charge is 2.61. The molecular weight excluding hydrogens is 641 g/mol. The maximum atomic E-state index is 15.5. The van der Waals surface area contributed by atoms with E-state index in [0.29, 0.717) is 11.4 Å². The van der Waals surface area contributed by atoms with Crippen LogP contribution in [0.5, 0.6) is 0 Å². The molecule has 1 aromatic carbocycles. The SMILES string of the molecule is CN=[S@]1(=O)C(OC(=O)C(F)(F)F)[C@@](CF)(c2cc(-c3cc(-c4ncc(Br)cc4C)no3)ccc2F)N=C(N)C1(C)C. The molecule has 1 unspecified atom stereocenters. The maximum absolute atomic E-state index is 15.5. The van der Waals surface area contributed by atoms with Crippen LogP contribution in [-0.4, -0.2) is 56.2 Å². The lowest BCUT2D eigenvalue weighted by molar-refractivity contribution is -0.204. The van der Waals surface area contributed by atoms with Gasteiger partial charge in [0.05, 0.1) is 5.69 Å². The normalized spacial score (nSPS) is 24.0. The molecule has 0 saturated heterocycles. The minimum Gasteiger partial charge on any atom is -0.438 e. The average Bonchev–Trinajstić information content (AvgIpc) is 3.39. The van der Waals surface area contributed by atoms with E-state index in [1.165, 1.54) is 26.0 Å². The van der Waals surface area contributed by atoms with Crippen molar-refractivity contribution in [3.63, 3.8) is 0 Å². The van der Waals surface area contributed by atoms with E-state index in [1.807, 2.05) is 0 Å². The fourth-order valence-electron chi connectivity index (χ4n) is 4.43. The van der Waals surface area contributed by atoms with E-state index in [0.717, 1.165) is 29.2 Å². The van der Waals surface area contributed by atoms with Crippen molar-refractivity contribution < 1.29 is 40.2 Å². The summed E-state index contributed by atoms with van der Waals surface area (Å²) in [5.41, 5.74) is 1.66. The number of aryl methyl sites for hydroxylation is 1. The highest BCUT2D eigenvalue weighted by atomic mass is 79.9. The number of pyridine rings is 1. The number of carbonyl (C=O) groups is 1. The Labute approximate surface area is 239 Å². The number of aromatic nitrogens is 2. The third-order valence-corrected chi connectivity index (χ3v) is 10.5. The zero-order valence-electron chi connectivity index (χ0n) is 21.9. The third-order valence-electron chi connectivity index (χ3n) is 6.78. The molecule has 9 nitrogen and oxygen atoms in total. The van der Waals surface area contributed by atoms with Gasteiger partial charge in [0, 0.05) is 34.9 Å². The molecule has 4 rings (SSSR count). The van der Waals surface area contributed by atoms with Crippen LogP contribution in [0.1, 0.15) is 25.0 Å². The fourth-order valence-corrected chi connectivity index (χ4v) is 7.39. The lowest BCUT2D eigenvalue weighted by Crippen LogP contribution is -2.63. The number of benzene rings is 1. The van der Waals surface area contributed by atoms with Gasteiger partial charge in [-0.1, -0.05) is 5.16 Å². The Hall–Kier alpha value is -3.40. The van der Waals surface area contributed by atoms with Gasteiger partial charge in [-0.15, -0.1) is 0 Å². The summed E-state index contributed by atoms with van der Waals surface area (Å²) in [4.78, 5) is 20.3. The lowest BCUT2D eigenvalue weighted by atomic mass is 9.89. The van der Waals surface area contributed by atoms with E-state index in [9.17, 15) is 22.2 Å². The van der Waals surface area contributed by atoms with E-state index in [1.54, 1.807) is 19.2 Å². The Morgan fingerprint density at radius 1 is 1.27 bits per heavy atom. The zero-order valence-corrected chi connectivity index (χ0v) is 24.3. The Morgan fingerprint density at radius 3 is 2.54 bits per heavy atom. The van der Waals surface area contributed by atoms with E-state index < -0.39 is 61.5 Å². The molecule has 0 fully saturated rings. The Bertz CT molecular complexity index is 1680. The smallest absolute Gasteiger partial charge is 0.438 e. The molecule has 3 aromatic rings. The minimum atomic E-state index is -5.55. The van der Waals surface area contributed by atoms with Gasteiger partial charge in [0.25, 0.3) is 0 Å². The first-order chi connectivity index (χ1) is 19.0. The van der Waals surface area contributed by atoms with Crippen LogP contribution in [-0.2, 0) is 24.8 Å². The Kier molecular flexibility index (Phi) is 7.79. The summed E-state index contributed by atoms with van der Waals surface area (Å²) >= 11 is 3.32. The summed E-state index contributed by atoms with van der Waals surface area (Å²) in [5, 5.41) is 3.98. The summed E-state index contributed by atoms with van der Waals surface area (Å²) in [6, 6.07) is 6.42. The van der Waals surface area contributed by atoms with Crippen molar-refractivity contribution in [2.45, 2.75) is 42.7 Å². The monoisotopic (exact) mass is 663 g/mol. The molecule has 0 saturated carbocycles. The van der Waals surface area contributed by atoms with Crippen molar-refractivity contribution in [1.82, 2.24) is 10.1 Å². The van der Waals surface area contributed by atoms with Gasteiger partial charge < -0.3 is 15.0 Å². The second-order valence-electron chi connectivity index (χ2n) is 9.64. The molecule has 2 aromatic heterocycles. The molecule has 3 heterocycles. The number of halogens is 6. The number of alkyl halides is 4. The van der Waals surface area contributed by atoms with Gasteiger partial charge in [-0.05, 0) is 66.5 Å². The predicted molar refractivity (Wildman–Crippen MR) is 143 cm³/mol. The van der Waals surface area contributed by atoms with Gasteiger partial charge in [0.1, 0.15) is 38.5 Å². The topological polar surface area (TPSA) is 133 Å². The number of hydrogen-bond acceptors (Lipinski definition) is 9. The van der Waals surface area contributed by atoms with Crippen molar-refractivity contribution in [2.24, 2.45) is 15.1 Å². The van der Waals surface area contributed by atoms with E-state index in [4.69, 9.17) is 10.3 Å². The third kappa shape index (κ3) is 5.00. The van der Waals surface area contributed by atoms with Crippen LogP contribution in [0.2, 0.25) is 0 Å². The zero-order chi connectivity index (χ0) is 30.5. The van der Waals surface area contributed by atoms with Gasteiger partial charge in [0.15, 0.2) is 11.3 Å². The summed E-state index contributed by atoms with van der Waals surface area (Å²) < 4.78 is 97.3. The highest BCUT2D eigenvalue weighted by molar-refractivity contribution is 9.10. The van der Waals surface area contributed by atoms with Crippen molar-refractivity contribution in [1.29, 1.82) is 0 Å². The van der Waals surface area contributed by atoms with Gasteiger partial charge in [-0.2, -0.15) is 13.2 Å². The molecule has 0 bridgehead atoms. The van der Waals surface area contributed by atoms with Gasteiger partial charge in [-0.25, -0.2) is 22.1 Å². The molecule has 1 aliphatic rings. The quantitative estimate of drug-likeness (QED) is 0.283. The first kappa shape index (κ1) is 30.6. The Balaban J connectivity index is 1.94. The molecule has 0 aliphatic carbocycles. The van der Waals surface area contributed by atoms with Crippen molar-refractivity contribution in [3.05, 3.63) is 57.9 Å². The van der Waals surface area contributed by atoms with Crippen LogP contribution >= 0.6 is 15.9 Å². The van der Waals surface area contributed by atoms with Crippen LogP contribution in [0, 0.1) is 12.7 Å². The van der Waals surface area contributed by atoms with E-state index in [2.05, 4.69) is 40.2 Å². The largest absolute Gasteiger partial charge is 0.490 e. The fraction of sp³-hybridized carbons (Fsp3) is 0.360. The number of nitrogens with zero attached hydrogens (tertiary/aromatic N) is 4. The van der Waals surface area contributed by atoms with E-state index >= 15 is 8.78 Å². The molecule has 0 amide bonds. The maximum Gasteiger partial charge on any atom is 0.490 e. The molecule has 16 heteroatoms. The van der Waals surface area contributed by atoms with E-state index in [-0.39, 0.29) is 11.3 Å². The number of rotatable bonds is 5. The standard InChI is InChI=1S/C25H23BrF5N5O4S/c1-12-7-14(26)10-34-19(12)17-9-18(40-36-17)13-5-6-16(28)15(8-13)24(11-27)22(39-21(37)25(29,30)31)41(38,33-4)23(2,3)20(32)35-24/h5-10,22H,11H2,1-4H3,(H2,32,35)/t22?,24-,41+/m1/s1. The molecule has 0 radical (unpaired) electrons. The number of hydrogen-bond donors (Lipinski definition) is 1. The average molecular weight is 664 g/mol. The van der Waals surface area contributed by atoms with Crippen LogP contribution in [0.3, 0.4) is 0 Å². The van der Waals surface area contributed by atoms with Crippen LogP contribution in [0.4, 0.5) is 22.0 Å². The summed E-state index contributed by atoms with van der Waals surface area (Å²) in [7, 11) is -3.20. The second kappa shape index (κ2) is 10.5. The lowest BCUT2D eigenvalue weighted by Gasteiger charge is -2.46. The van der Waals surface area contributed by atoms with Crippen molar-refractivity contribution in [3.8, 4) is 22.7 Å². The van der Waals surface area contributed by atoms with Crippen LogP contribution in [0.15, 0.2) is 54.9 Å². The molecule has 41 heavy (non-hydrogen) atoms. The number of aliphatic imine (C=N–C) groups is 1. The van der Waals surface area contributed by atoms with Crippen LogP contribution < -0.4 is 5.73 Å². The van der Waals surface area contributed by atoms with Gasteiger partial charge >= 0.3 is 12.1 Å². The van der Waals surface area contributed by atoms with Gasteiger partial charge in [0.2, 0.25) is 5.44 Å². The summed E-state index contributed by atoms with van der Waals surface area (Å²) in [6.07, 6.45) is -4.01. The molecule has 1 aliphatic heterocycles. The minimum absolute atomic E-state index is 0.0530. The first-order valence-corrected chi connectivity index (χ1v) is 14.1. The predicted octanol–water partition coefficient (Wildman–Crippen LogP) is 5.46. The number of nitrogens with two attached hydrogens (primary N) is 1. The van der Waals surface area contributed by atoms with Gasteiger partial charge in [-0.3, -0.25) is 9.98 Å². The molecule has 220 valence electrons. The number of carbonyl (C=O) groups excluding carboxylic acids is 1. The summed E-state index contributed by atoms with van der Waals surface area (Å²) in [5.74, 6) is -4.37. The molecule has 2 N–H and O–H groups in total. The van der Waals surface area contributed by atoms with Crippen LogP contribution in [0.25, 0.3) is 22.7 Å². The molecule has 3 atom stereocenters. The number of ether oxygens (including phenoxy) is 1. The summed E-state index contributed by atoms with van der Waals surface area (Å²) in [6.45, 7) is 2.50. The number of esters is 1. The molecule has 0 spiro atoms. The second-order valence-corrected chi connectivity index (χ2v) is 13.5. The highest BCUT2D eigenvalue weighted by Crippen LogP contribution is 2.47. The number of amidine groups is 1. The Morgan fingerprint density at radius 2 is 1.95 bits per heavy atom. The van der Waals surface area contributed by atoms with Crippen molar-refractivity contribution in [2.75, 3.05) is 13.7 Å².